The molecule has 1 heterocycles. The molecule has 2 aromatic rings. The smallest absolute Gasteiger partial charge is 0.275 e. The van der Waals surface area contributed by atoms with E-state index in [9.17, 15) is 17.6 Å². The van der Waals surface area contributed by atoms with E-state index in [1.165, 1.54) is 11.0 Å². The molecule has 1 amide bonds. The van der Waals surface area contributed by atoms with E-state index in [0.717, 1.165) is 17.9 Å². The molecule has 6 nitrogen and oxygen atoms in total. The van der Waals surface area contributed by atoms with E-state index in [1.807, 2.05) is 0 Å². The molecular weight excluding hydrogens is 395 g/mol. The quantitative estimate of drug-likeness (QED) is 0.826. The third kappa shape index (κ3) is 3.72. The second kappa shape index (κ2) is 6.38. The van der Waals surface area contributed by atoms with E-state index in [4.69, 9.17) is 16.3 Å². The van der Waals surface area contributed by atoms with Crippen LogP contribution in [0.4, 0.5) is 21.5 Å². The molecule has 0 fully saturated rings. The van der Waals surface area contributed by atoms with E-state index in [1.54, 1.807) is 39.0 Å². The van der Waals surface area contributed by atoms with Crippen molar-refractivity contribution in [1.29, 1.82) is 0 Å². The van der Waals surface area contributed by atoms with Crippen molar-refractivity contribution in [2.75, 3.05) is 15.9 Å². The molecular formula is C18H18ClFN2O4S. The Morgan fingerprint density at radius 3 is 2.48 bits per heavy atom. The van der Waals surface area contributed by atoms with Crippen molar-refractivity contribution in [3.63, 3.8) is 0 Å². The number of amides is 1. The molecule has 0 saturated carbocycles. The molecule has 0 spiro atoms. The first-order valence-electron chi connectivity index (χ1n) is 8.00. The van der Waals surface area contributed by atoms with Gasteiger partial charge < -0.3 is 4.74 Å². The van der Waals surface area contributed by atoms with Gasteiger partial charge in [0.1, 0.15) is 11.4 Å². The van der Waals surface area contributed by atoms with Crippen molar-refractivity contribution < 1.29 is 22.3 Å². The van der Waals surface area contributed by atoms with Crippen LogP contribution in [0.1, 0.15) is 19.4 Å². The molecule has 0 radical (unpaired) electrons. The maximum Gasteiger partial charge on any atom is 0.275 e. The van der Waals surface area contributed by atoms with Crippen LogP contribution in [-0.2, 0) is 14.8 Å². The van der Waals surface area contributed by atoms with Crippen molar-refractivity contribution in [2.45, 2.75) is 26.4 Å². The lowest BCUT2D eigenvalue weighted by Crippen LogP contribution is -2.51. The van der Waals surface area contributed by atoms with E-state index in [2.05, 4.69) is 4.72 Å². The monoisotopic (exact) mass is 412 g/mol. The van der Waals surface area contributed by atoms with Gasteiger partial charge in [-0.3, -0.25) is 14.4 Å². The number of carbonyl (C=O) groups is 1. The molecule has 144 valence electrons. The van der Waals surface area contributed by atoms with E-state index in [-0.39, 0.29) is 17.1 Å². The van der Waals surface area contributed by atoms with Gasteiger partial charge in [0.25, 0.3) is 5.91 Å². The standard InChI is InChI=1S/C18H18ClFN2O4S/c1-10-7-12(5-6-13(10)19)22-16-14(20)8-11(21-27(4,24)25)9-15(16)26-18(2,3)17(22)23/h5-9,21H,1-4H3. The number of hydrogen-bond donors (Lipinski definition) is 1. The molecule has 27 heavy (non-hydrogen) atoms. The lowest BCUT2D eigenvalue weighted by atomic mass is 10.0. The summed E-state index contributed by atoms with van der Waals surface area (Å²) in [6, 6.07) is 7.27. The molecule has 0 aliphatic carbocycles. The zero-order valence-corrected chi connectivity index (χ0v) is 16.7. The number of benzene rings is 2. The molecule has 9 heteroatoms. The van der Waals surface area contributed by atoms with E-state index in [0.29, 0.717) is 10.7 Å². The van der Waals surface area contributed by atoms with Gasteiger partial charge >= 0.3 is 0 Å². The first kappa shape index (κ1) is 19.4. The number of carbonyl (C=O) groups excluding carboxylic acids is 1. The number of halogens is 2. The van der Waals surface area contributed by atoms with E-state index < -0.39 is 27.3 Å². The maximum absolute atomic E-state index is 14.9. The Morgan fingerprint density at radius 2 is 1.89 bits per heavy atom. The van der Waals surface area contributed by atoms with Crippen LogP contribution in [0.5, 0.6) is 5.75 Å². The third-order valence-electron chi connectivity index (χ3n) is 4.04. The van der Waals surface area contributed by atoms with Gasteiger partial charge in [0.05, 0.1) is 11.9 Å². The van der Waals surface area contributed by atoms with Crippen molar-refractivity contribution >= 4 is 44.6 Å². The molecule has 1 aliphatic heterocycles. The van der Waals surface area contributed by atoms with Gasteiger partial charge in [0, 0.05) is 22.8 Å². The highest BCUT2D eigenvalue weighted by Crippen LogP contribution is 2.45. The number of fused-ring (bicyclic) bond motifs is 1. The van der Waals surface area contributed by atoms with Crippen LogP contribution in [0, 0.1) is 12.7 Å². The number of ether oxygens (including phenoxy) is 1. The molecule has 0 atom stereocenters. The van der Waals surface area contributed by atoms with Crippen LogP contribution in [0.2, 0.25) is 5.02 Å². The molecule has 0 saturated heterocycles. The Morgan fingerprint density at radius 1 is 1.22 bits per heavy atom. The zero-order chi connectivity index (χ0) is 20.1. The van der Waals surface area contributed by atoms with Crippen molar-refractivity contribution in [3.8, 4) is 5.75 Å². The van der Waals surface area contributed by atoms with Crippen LogP contribution in [0.15, 0.2) is 30.3 Å². The van der Waals surface area contributed by atoms with E-state index >= 15 is 0 Å². The molecule has 3 rings (SSSR count). The Balaban J connectivity index is 2.21. The Kier molecular flexibility index (Phi) is 4.60. The number of nitrogens with zero attached hydrogens (tertiary/aromatic N) is 1. The number of anilines is 3. The molecule has 0 unspecified atom stereocenters. The summed E-state index contributed by atoms with van der Waals surface area (Å²) in [5.74, 6) is -1.20. The number of aryl methyl sites for hydroxylation is 1. The van der Waals surface area contributed by atoms with Gasteiger partial charge in [-0.2, -0.15) is 0 Å². The summed E-state index contributed by atoms with van der Waals surface area (Å²) in [6.07, 6.45) is 0.960. The SMILES string of the molecule is Cc1cc(N2C(=O)C(C)(C)Oc3cc(NS(C)(=O)=O)cc(F)c32)ccc1Cl. The highest BCUT2D eigenvalue weighted by Gasteiger charge is 2.43. The summed E-state index contributed by atoms with van der Waals surface area (Å²) < 4.78 is 45.7. The fourth-order valence-electron chi connectivity index (χ4n) is 2.85. The predicted molar refractivity (Wildman–Crippen MR) is 103 cm³/mol. The highest BCUT2D eigenvalue weighted by atomic mass is 35.5. The number of sulfonamides is 1. The Hall–Kier alpha value is -2.32. The van der Waals surface area contributed by atoms with Crippen molar-refractivity contribution in [3.05, 3.63) is 46.7 Å². The van der Waals surface area contributed by atoms with Crippen molar-refractivity contribution in [1.82, 2.24) is 0 Å². The van der Waals surface area contributed by atoms with Gasteiger partial charge in [-0.05, 0) is 44.5 Å². The average molecular weight is 413 g/mol. The number of rotatable bonds is 3. The number of hydrogen-bond acceptors (Lipinski definition) is 4. The van der Waals surface area contributed by atoms with Gasteiger partial charge in [-0.25, -0.2) is 12.8 Å². The molecule has 0 bridgehead atoms. The fourth-order valence-corrected chi connectivity index (χ4v) is 3.51. The topological polar surface area (TPSA) is 75.7 Å². The minimum Gasteiger partial charge on any atom is -0.476 e. The van der Waals surface area contributed by atoms with Gasteiger partial charge in [0.15, 0.2) is 11.4 Å². The Bertz CT molecular complexity index is 1050. The van der Waals surface area contributed by atoms with Crippen LogP contribution in [0.3, 0.4) is 0 Å². The predicted octanol–water partition coefficient (Wildman–Crippen LogP) is 3.99. The van der Waals surface area contributed by atoms with Crippen LogP contribution in [0.25, 0.3) is 0 Å². The van der Waals surface area contributed by atoms with Gasteiger partial charge in [0.2, 0.25) is 10.0 Å². The van der Waals surface area contributed by atoms with Crippen LogP contribution >= 0.6 is 11.6 Å². The lowest BCUT2D eigenvalue weighted by Gasteiger charge is -2.39. The minimum atomic E-state index is -3.60. The molecule has 1 N–H and O–H groups in total. The summed E-state index contributed by atoms with van der Waals surface area (Å²) in [5, 5.41) is 0.520. The zero-order valence-electron chi connectivity index (χ0n) is 15.1. The fraction of sp³-hybridized carbons (Fsp3) is 0.278. The maximum atomic E-state index is 14.9. The summed E-state index contributed by atoms with van der Waals surface area (Å²) >= 11 is 6.06. The first-order valence-corrected chi connectivity index (χ1v) is 10.3. The molecule has 1 aliphatic rings. The normalized spacial score (nSPS) is 15.9. The van der Waals surface area contributed by atoms with Gasteiger partial charge in [-0.15, -0.1) is 0 Å². The second-order valence-electron chi connectivity index (χ2n) is 6.87. The highest BCUT2D eigenvalue weighted by molar-refractivity contribution is 7.92. The second-order valence-corrected chi connectivity index (χ2v) is 9.02. The molecule has 2 aromatic carbocycles. The summed E-state index contributed by atoms with van der Waals surface area (Å²) in [5.41, 5.74) is -0.200. The Labute approximate surface area is 161 Å². The molecule has 0 aromatic heterocycles. The number of nitrogens with one attached hydrogen (secondary N) is 1. The average Bonchev–Trinajstić information content (AvgIpc) is 2.50. The summed E-state index contributed by atoms with van der Waals surface area (Å²) in [6.45, 7) is 4.89. The third-order valence-corrected chi connectivity index (χ3v) is 5.07. The summed E-state index contributed by atoms with van der Waals surface area (Å²) in [4.78, 5) is 14.2. The lowest BCUT2D eigenvalue weighted by molar-refractivity contribution is -0.131. The summed E-state index contributed by atoms with van der Waals surface area (Å²) in [7, 11) is -3.60. The minimum absolute atomic E-state index is 0.00568. The van der Waals surface area contributed by atoms with Gasteiger partial charge in [-0.1, -0.05) is 11.6 Å². The van der Waals surface area contributed by atoms with Crippen LogP contribution < -0.4 is 14.4 Å². The largest absolute Gasteiger partial charge is 0.476 e. The first-order chi connectivity index (χ1) is 12.4. The van der Waals surface area contributed by atoms with Crippen molar-refractivity contribution in [2.24, 2.45) is 0 Å². The van der Waals surface area contributed by atoms with Crippen LogP contribution in [-0.4, -0.2) is 26.2 Å².